The van der Waals surface area contributed by atoms with Crippen molar-refractivity contribution in [1.29, 1.82) is 0 Å². The molecular formula is C19H28BN3O2. The number of benzene rings is 1. The van der Waals surface area contributed by atoms with E-state index in [4.69, 9.17) is 18.1 Å². The molecule has 134 valence electrons. The topological polar surface area (TPSA) is 61.5 Å². The van der Waals surface area contributed by atoms with Crippen LogP contribution in [-0.2, 0) is 6.54 Å². The van der Waals surface area contributed by atoms with Gasteiger partial charge in [-0.25, -0.2) is 0 Å². The van der Waals surface area contributed by atoms with Crippen LogP contribution in [0.25, 0.3) is 0 Å². The van der Waals surface area contributed by atoms with Gasteiger partial charge < -0.3 is 10.2 Å². The molecule has 1 aliphatic rings. The normalized spacial score (nSPS) is 16.1. The van der Waals surface area contributed by atoms with E-state index in [9.17, 15) is 0 Å². The largest absolute Gasteiger partial charge is 0.387 e. The number of hydrogen-bond donors (Lipinski definition) is 2. The first kappa shape index (κ1) is 19.7. The van der Waals surface area contributed by atoms with Gasteiger partial charge >= 0.3 is 0 Å². The van der Waals surface area contributed by atoms with Crippen molar-refractivity contribution in [3.8, 4) is 0 Å². The Balaban J connectivity index is 0.000000242. The van der Waals surface area contributed by atoms with Crippen molar-refractivity contribution in [3.05, 3.63) is 48.3 Å². The quantitative estimate of drug-likeness (QED) is 0.822. The van der Waals surface area contributed by atoms with E-state index in [0.29, 0.717) is 6.04 Å². The summed E-state index contributed by atoms with van der Waals surface area (Å²) in [5, 5.41) is 22.5. The molecule has 5 nitrogen and oxygen atoms in total. The van der Waals surface area contributed by atoms with E-state index in [1.165, 1.54) is 5.56 Å². The summed E-state index contributed by atoms with van der Waals surface area (Å²) in [6, 6.07) is 11.0. The molecular weight excluding hydrogens is 313 g/mol. The first-order valence-corrected chi connectivity index (χ1v) is 8.57. The van der Waals surface area contributed by atoms with Crippen LogP contribution in [0.5, 0.6) is 0 Å². The maximum Gasteiger partial charge on any atom is 0.118 e. The molecule has 2 radical (unpaired) electrons. The number of aliphatic hydroxyl groups is 2. The van der Waals surface area contributed by atoms with Crippen molar-refractivity contribution in [1.82, 2.24) is 14.7 Å². The van der Waals surface area contributed by atoms with Gasteiger partial charge in [-0.1, -0.05) is 35.8 Å². The zero-order chi connectivity index (χ0) is 18.7. The predicted molar refractivity (Wildman–Crippen MR) is 101 cm³/mol. The molecule has 0 bridgehead atoms. The fourth-order valence-corrected chi connectivity index (χ4v) is 2.23. The van der Waals surface area contributed by atoms with Gasteiger partial charge in [-0.05, 0) is 33.3 Å². The van der Waals surface area contributed by atoms with Gasteiger partial charge in [0.05, 0.1) is 17.2 Å². The van der Waals surface area contributed by atoms with Crippen molar-refractivity contribution in [2.24, 2.45) is 0 Å². The molecule has 0 atom stereocenters. The molecule has 0 saturated carbocycles. The van der Waals surface area contributed by atoms with Crippen LogP contribution in [0.3, 0.4) is 0 Å². The summed E-state index contributed by atoms with van der Waals surface area (Å²) >= 11 is 0. The van der Waals surface area contributed by atoms with Gasteiger partial charge in [0, 0.05) is 32.0 Å². The van der Waals surface area contributed by atoms with Crippen LogP contribution in [0.15, 0.2) is 42.7 Å². The van der Waals surface area contributed by atoms with E-state index in [0.717, 1.165) is 25.1 Å². The van der Waals surface area contributed by atoms with Crippen molar-refractivity contribution in [3.63, 3.8) is 0 Å². The fraction of sp³-hybridized carbons (Fsp3) is 0.526. The van der Waals surface area contributed by atoms with Crippen LogP contribution in [0.4, 0.5) is 0 Å². The van der Waals surface area contributed by atoms with E-state index in [-0.39, 0.29) is 0 Å². The average Bonchev–Trinajstić information content (AvgIpc) is 2.88. The van der Waals surface area contributed by atoms with Crippen molar-refractivity contribution >= 4 is 13.3 Å². The number of rotatable bonds is 4. The van der Waals surface area contributed by atoms with E-state index >= 15 is 0 Å². The highest BCUT2D eigenvalue weighted by Crippen LogP contribution is 2.21. The summed E-state index contributed by atoms with van der Waals surface area (Å²) < 4.78 is 1.97. The Morgan fingerprint density at radius 1 is 1.08 bits per heavy atom. The van der Waals surface area contributed by atoms with Gasteiger partial charge in [0.2, 0.25) is 0 Å². The lowest BCUT2D eigenvalue weighted by atomic mass is 9.90. The Hall–Kier alpha value is -1.63. The number of aromatic nitrogens is 2. The first-order chi connectivity index (χ1) is 11.6. The molecule has 25 heavy (non-hydrogen) atoms. The van der Waals surface area contributed by atoms with Gasteiger partial charge in [0.1, 0.15) is 7.85 Å². The SMILES string of the molecule is CC(C)(O)C(C)(C)O.[B]c1cnn(C2CN(Cc3ccccc3)C2)c1. The lowest BCUT2D eigenvalue weighted by Crippen LogP contribution is -2.47. The van der Waals surface area contributed by atoms with Crippen LogP contribution in [0.1, 0.15) is 39.3 Å². The first-order valence-electron chi connectivity index (χ1n) is 8.57. The van der Waals surface area contributed by atoms with E-state index in [1.54, 1.807) is 33.9 Å². The third-order valence-electron chi connectivity index (χ3n) is 4.68. The zero-order valence-electron chi connectivity index (χ0n) is 15.6. The lowest BCUT2D eigenvalue weighted by molar-refractivity contribution is -0.107. The van der Waals surface area contributed by atoms with Gasteiger partial charge in [0.15, 0.2) is 0 Å². The maximum atomic E-state index is 9.10. The summed E-state index contributed by atoms with van der Waals surface area (Å²) in [6.45, 7) is 9.43. The Bertz CT molecular complexity index is 641. The highest BCUT2D eigenvalue weighted by molar-refractivity contribution is 6.31. The summed E-state index contributed by atoms with van der Waals surface area (Å²) in [5.74, 6) is 0. The average molecular weight is 341 g/mol. The van der Waals surface area contributed by atoms with Gasteiger partial charge in [-0.3, -0.25) is 9.58 Å². The molecule has 1 saturated heterocycles. The number of nitrogens with zero attached hydrogens (tertiary/aromatic N) is 3. The van der Waals surface area contributed by atoms with E-state index in [2.05, 4.69) is 40.3 Å². The van der Waals surface area contributed by atoms with Crippen LogP contribution in [0.2, 0.25) is 0 Å². The molecule has 0 unspecified atom stereocenters. The molecule has 1 aromatic heterocycles. The van der Waals surface area contributed by atoms with Crippen LogP contribution < -0.4 is 5.46 Å². The Morgan fingerprint density at radius 3 is 2.08 bits per heavy atom. The third kappa shape index (κ3) is 5.70. The summed E-state index contributed by atoms with van der Waals surface area (Å²) in [6.07, 6.45) is 3.62. The van der Waals surface area contributed by atoms with Crippen LogP contribution in [-0.4, -0.2) is 57.0 Å². The fourth-order valence-electron chi connectivity index (χ4n) is 2.23. The second kappa shape index (κ2) is 7.73. The van der Waals surface area contributed by atoms with E-state index < -0.39 is 11.2 Å². The standard InChI is InChI=1S/C13H14BN3.C6H14O2/c14-12-6-15-17(8-12)13-9-16(10-13)7-11-4-2-1-3-5-11;1-5(2,7)6(3,4)8/h1-6,8,13H,7,9-10H2;7-8H,1-4H3. The van der Waals surface area contributed by atoms with Gasteiger partial charge in [-0.2, -0.15) is 5.10 Å². The van der Waals surface area contributed by atoms with E-state index in [1.807, 2.05) is 10.9 Å². The summed E-state index contributed by atoms with van der Waals surface area (Å²) in [5.41, 5.74) is 0.0949. The Kier molecular flexibility index (Phi) is 6.09. The van der Waals surface area contributed by atoms with Crippen LogP contribution >= 0.6 is 0 Å². The van der Waals surface area contributed by atoms with Crippen LogP contribution in [0, 0.1) is 0 Å². The van der Waals surface area contributed by atoms with Crippen molar-refractivity contribution in [2.75, 3.05) is 13.1 Å². The van der Waals surface area contributed by atoms with Gasteiger partial charge in [-0.15, -0.1) is 0 Å². The minimum Gasteiger partial charge on any atom is -0.387 e. The number of likely N-dealkylation sites (tertiary alicyclic amines) is 1. The molecule has 2 aromatic rings. The maximum absolute atomic E-state index is 9.10. The minimum absolute atomic E-state index is 0.482. The summed E-state index contributed by atoms with van der Waals surface area (Å²) in [4.78, 5) is 2.41. The molecule has 2 heterocycles. The monoisotopic (exact) mass is 341 g/mol. The highest BCUT2D eigenvalue weighted by atomic mass is 16.3. The third-order valence-corrected chi connectivity index (χ3v) is 4.68. The number of hydrogen-bond acceptors (Lipinski definition) is 4. The second-order valence-corrected chi connectivity index (χ2v) is 7.71. The smallest absolute Gasteiger partial charge is 0.118 e. The molecule has 2 N–H and O–H groups in total. The predicted octanol–water partition coefficient (Wildman–Crippen LogP) is 1.26. The Morgan fingerprint density at radius 2 is 1.64 bits per heavy atom. The Labute approximate surface area is 151 Å². The molecule has 6 heteroatoms. The van der Waals surface area contributed by atoms with Crippen molar-refractivity contribution in [2.45, 2.75) is 51.5 Å². The van der Waals surface area contributed by atoms with Crippen molar-refractivity contribution < 1.29 is 10.2 Å². The molecule has 1 fully saturated rings. The molecule has 1 aromatic carbocycles. The second-order valence-electron chi connectivity index (χ2n) is 7.71. The molecule has 1 aliphatic heterocycles. The molecule has 0 spiro atoms. The zero-order valence-corrected chi connectivity index (χ0v) is 15.6. The summed E-state index contributed by atoms with van der Waals surface area (Å²) in [7, 11) is 5.66. The minimum atomic E-state index is -1.01. The molecule has 0 aliphatic carbocycles. The molecule has 0 amide bonds. The van der Waals surface area contributed by atoms with Gasteiger partial charge in [0.25, 0.3) is 0 Å². The lowest BCUT2D eigenvalue weighted by Gasteiger charge is -2.39. The molecule has 3 rings (SSSR count). The highest BCUT2D eigenvalue weighted by Gasteiger charge is 2.32.